The summed E-state index contributed by atoms with van der Waals surface area (Å²) >= 11 is 5.69. The van der Waals surface area contributed by atoms with E-state index in [0.717, 1.165) is 47.4 Å². The minimum absolute atomic E-state index is 0.0494. The molecule has 0 aromatic heterocycles. The molecular weight excluding hydrogens is 452 g/mol. The maximum absolute atomic E-state index is 14.1. The van der Waals surface area contributed by atoms with Crippen LogP contribution in [0.5, 0.6) is 5.75 Å². The summed E-state index contributed by atoms with van der Waals surface area (Å²) in [7, 11) is 0. The standard InChI is InChI=1S/C25H22ClF2NO4/c26-19-8-9-20(27)23(24(19)28)21(30)13-29-12-18-7-5-17-11-16(6-10-22(17)33-18)14-1-3-15(4-2-14)25(31)32/h1-4,6,8-11,18,21,29-30H,5,7,12-13H2,(H,31,32)/t18-,21-/m1/s1. The van der Waals surface area contributed by atoms with Gasteiger partial charge in [0.1, 0.15) is 17.7 Å². The molecule has 33 heavy (non-hydrogen) atoms. The molecule has 0 spiro atoms. The van der Waals surface area contributed by atoms with E-state index < -0.39 is 29.3 Å². The highest BCUT2D eigenvalue weighted by Gasteiger charge is 2.23. The van der Waals surface area contributed by atoms with Crippen LogP contribution in [0.2, 0.25) is 5.02 Å². The summed E-state index contributed by atoms with van der Waals surface area (Å²) in [6.07, 6.45) is -0.0191. The molecule has 3 aromatic carbocycles. The summed E-state index contributed by atoms with van der Waals surface area (Å²) in [4.78, 5) is 11.0. The van der Waals surface area contributed by atoms with Crippen LogP contribution in [0.3, 0.4) is 0 Å². The fourth-order valence-electron chi connectivity index (χ4n) is 3.90. The summed E-state index contributed by atoms with van der Waals surface area (Å²) in [5, 5.41) is 22.0. The van der Waals surface area contributed by atoms with E-state index in [9.17, 15) is 18.7 Å². The van der Waals surface area contributed by atoms with Gasteiger partial charge in [-0.25, -0.2) is 13.6 Å². The molecule has 8 heteroatoms. The molecule has 1 aliphatic rings. The van der Waals surface area contributed by atoms with Gasteiger partial charge in [-0.2, -0.15) is 0 Å². The van der Waals surface area contributed by atoms with Gasteiger partial charge >= 0.3 is 5.97 Å². The van der Waals surface area contributed by atoms with Crippen molar-refractivity contribution in [2.24, 2.45) is 0 Å². The van der Waals surface area contributed by atoms with Gasteiger partial charge in [-0.15, -0.1) is 0 Å². The third-order valence-electron chi connectivity index (χ3n) is 5.68. The third kappa shape index (κ3) is 5.16. The Balaban J connectivity index is 1.35. The number of carbonyl (C=O) groups is 1. The van der Waals surface area contributed by atoms with Crippen molar-refractivity contribution in [3.05, 3.63) is 87.9 Å². The summed E-state index contributed by atoms with van der Waals surface area (Å²) in [6.45, 7) is 0.352. The molecule has 5 nitrogen and oxygen atoms in total. The normalized spacial score (nSPS) is 16.1. The maximum atomic E-state index is 14.1. The Morgan fingerprint density at radius 1 is 1.12 bits per heavy atom. The number of aliphatic hydroxyl groups is 1. The zero-order chi connectivity index (χ0) is 23.5. The Kier molecular flexibility index (Phi) is 6.93. The highest BCUT2D eigenvalue weighted by molar-refractivity contribution is 6.30. The molecule has 0 bridgehead atoms. The van der Waals surface area contributed by atoms with Crippen LogP contribution in [0.25, 0.3) is 11.1 Å². The van der Waals surface area contributed by atoms with Gasteiger partial charge in [0.15, 0.2) is 5.82 Å². The van der Waals surface area contributed by atoms with E-state index in [4.69, 9.17) is 21.4 Å². The second-order valence-electron chi connectivity index (χ2n) is 7.91. The average Bonchev–Trinajstić information content (AvgIpc) is 2.81. The lowest BCUT2D eigenvalue weighted by Crippen LogP contribution is -2.36. The molecule has 0 aliphatic carbocycles. The number of nitrogens with one attached hydrogen (secondary N) is 1. The molecule has 172 valence electrons. The number of rotatable bonds is 7. The highest BCUT2D eigenvalue weighted by Crippen LogP contribution is 2.32. The lowest BCUT2D eigenvalue weighted by Gasteiger charge is -2.27. The van der Waals surface area contributed by atoms with E-state index in [-0.39, 0.29) is 23.2 Å². The number of ether oxygens (including phenoxy) is 1. The molecule has 4 rings (SSSR count). The van der Waals surface area contributed by atoms with Gasteiger partial charge in [-0.1, -0.05) is 29.8 Å². The number of aryl methyl sites for hydroxylation is 1. The van der Waals surface area contributed by atoms with Crippen LogP contribution < -0.4 is 10.1 Å². The second kappa shape index (κ2) is 9.87. The number of hydrogen-bond donors (Lipinski definition) is 3. The van der Waals surface area contributed by atoms with Crippen molar-refractivity contribution in [3.8, 4) is 16.9 Å². The lowest BCUT2D eigenvalue weighted by atomic mass is 9.96. The number of fused-ring (bicyclic) bond motifs is 1. The largest absolute Gasteiger partial charge is 0.489 e. The molecule has 3 aromatic rings. The fraction of sp³-hybridized carbons (Fsp3) is 0.240. The SMILES string of the molecule is O=C(O)c1ccc(-c2ccc3c(c2)CC[C@H](CNC[C@@H](O)c2c(F)ccc(Cl)c2F)O3)cc1. The maximum Gasteiger partial charge on any atom is 0.335 e. The smallest absolute Gasteiger partial charge is 0.335 e. The van der Waals surface area contributed by atoms with Crippen molar-refractivity contribution < 1.29 is 28.5 Å². The second-order valence-corrected chi connectivity index (χ2v) is 8.32. The molecule has 2 atom stereocenters. The van der Waals surface area contributed by atoms with Crippen LogP contribution >= 0.6 is 11.6 Å². The van der Waals surface area contributed by atoms with Gasteiger partial charge in [0.25, 0.3) is 0 Å². The van der Waals surface area contributed by atoms with Gasteiger partial charge in [-0.05, 0) is 65.9 Å². The van der Waals surface area contributed by atoms with Crippen molar-refractivity contribution in [1.29, 1.82) is 0 Å². The van der Waals surface area contributed by atoms with Gasteiger partial charge in [-0.3, -0.25) is 0 Å². The monoisotopic (exact) mass is 473 g/mol. The van der Waals surface area contributed by atoms with Gasteiger partial charge in [0, 0.05) is 13.1 Å². The van der Waals surface area contributed by atoms with Crippen LogP contribution in [0.4, 0.5) is 8.78 Å². The van der Waals surface area contributed by atoms with Crippen LogP contribution in [0.1, 0.15) is 34.0 Å². The predicted molar refractivity (Wildman–Crippen MR) is 121 cm³/mol. The minimum Gasteiger partial charge on any atom is -0.489 e. The summed E-state index contributed by atoms with van der Waals surface area (Å²) in [5.74, 6) is -2.01. The number of benzene rings is 3. The zero-order valence-electron chi connectivity index (χ0n) is 17.5. The molecule has 0 radical (unpaired) electrons. The first-order chi connectivity index (χ1) is 15.8. The zero-order valence-corrected chi connectivity index (χ0v) is 18.3. The van der Waals surface area contributed by atoms with E-state index >= 15 is 0 Å². The summed E-state index contributed by atoms with van der Waals surface area (Å²) in [6, 6.07) is 14.7. The lowest BCUT2D eigenvalue weighted by molar-refractivity contribution is 0.0697. The van der Waals surface area contributed by atoms with Crippen LogP contribution in [-0.4, -0.2) is 35.4 Å². The topological polar surface area (TPSA) is 78.8 Å². The van der Waals surface area contributed by atoms with Gasteiger partial charge in [0.2, 0.25) is 0 Å². The van der Waals surface area contributed by atoms with Crippen molar-refractivity contribution in [2.45, 2.75) is 25.0 Å². The molecule has 0 fully saturated rings. The van der Waals surface area contributed by atoms with Gasteiger partial charge in [0.05, 0.1) is 22.3 Å². The Morgan fingerprint density at radius 2 is 1.85 bits per heavy atom. The van der Waals surface area contributed by atoms with E-state index in [1.165, 1.54) is 0 Å². The van der Waals surface area contributed by atoms with Crippen LogP contribution in [0, 0.1) is 11.6 Å². The Bertz CT molecular complexity index is 1170. The van der Waals surface area contributed by atoms with E-state index in [2.05, 4.69) is 5.32 Å². The molecule has 0 amide bonds. The first-order valence-corrected chi connectivity index (χ1v) is 10.9. The molecule has 3 N–H and O–H groups in total. The number of carboxylic acid groups (broad SMARTS) is 1. The van der Waals surface area contributed by atoms with Crippen molar-refractivity contribution in [3.63, 3.8) is 0 Å². The molecule has 0 unspecified atom stereocenters. The van der Waals surface area contributed by atoms with Crippen molar-refractivity contribution in [2.75, 3.05) is 13.1 Å². The number of carboxylic acids is 1. The predicted octanol–water partition coefficient (Wildman–Crippen LogP) is 5.00. The molecule has 1 heterocycles. The quantitative estimate of drug-likeness (QED) is 0.421. The Morgan fingerprint density at radius 3 is 2.58 bits per heavy atom. The van der Waals surface area contributed by atoms with E-state index in [1.807, 2.05) is 18.2 Å². The Labute approximate surface area is 194 Å². The number of aromatic carboxylic acids is 1. The summed E-state index contributed by atoms with van der Waals surface area (Å²) < 4.78 is 34.0. The van der Waals surface area contributed by atoms with Crippen molar-refractivity contribution >= 4 is 17.6 Å². The summed E-state index contributed by atoms with van der Waals surface area (Å²) in [5.41, 5.74) is 2.73. The van der Waals surface area contributed by atoms with Crippen LogP contribution in [0.15, 0.2) is 54.6 Å². The highest BCUT2D eigenvalue weighted by atomic mass is 35.5. The molecule has 1 aliphatic heterocycles. The van der Waals surface area contributed by atoms with E-state index in [1.54, 1.807) is 24.3 Å². The van der Waals surface area contributed by atoms with E-state index in [0.29, 0.717) is 6.54 Å². The average molecular weight is 474 g/mol. The first-order valence-electron chi connectivity index (χ1n) is 10.5. The van der Waals surface area contributed by atoms with Crippen molar-refractivity contribution in [1.82, 2.24) is 5.32 Å². The number of aliphatic hydroxyl groups excluding tert-OH is 1. The Hall–Kier alpha value is -3.00. The molecule has 0 saturated carbocycles. The third-order valence-corrected chi connectivity index (χ3v) is 5.97. The first kappa shape index (κ1) is 23.2. The minimum atomic E-state index is -1.38. The molecule has 0 saturated heterocycles. The number of hydrogen-bond acceptors (Lipinski definition) is 4. The van der Waals surface area contributed by atoms with Crippen LogP contribution in [-0.2, 0) is 6.42 Å². The van der Waals surface area contributed by atoms with Gasteiger partial charge < -0.3 is 20.3 Å². The molecular formula is C25H22ClF2NO4. The fourth-order valence-corrected chi connectivity index (χ4v) is 4.07. The number of halogens is 3.